The molecule has 0 bridgehead atoms. The van der Waals surface area contributed by atoms with E-state index in [0.717, 1.165) is 5.92 Å². The average molecular weight is 203 g/mol. The lowest BCUT2D eigenvalue weighted by Gasteiger charge is -2.27. The Hall–Kier alpha value is -0.890. The minimum atomic E-state index is 0.792. The van der Waals surface area contributed by atoms with Crippen LogP contribution in [0.4, 0.5) is 0 Å². The highest BCUT2D eigenvalue weighted by atomic mass is 32.1. The van der Waals surface area contributed by atoms with Gasteiger partial charge >= 0.3 is 0 Å². The zero-order valence-electron chi connectivity index (χ0n) is 8.29. The van der Waals surface area contributed by atoms with Gasteiger partial charge in [0.15, 0.2) is 0 Å². The van der Waals surface area contributed by atoms with Crippen molar-refractivity contribution in [3.8, 4) is 0 Å². The molecule has 0 unspecified atom stereocenters. The highest BCUT2D eigenvalue weighted by Crippen LogP contribution is 2.41. The summed E-state index contributed by atoms with van der Waals surface area (Å²) in [4.78, 5) is 4.50. The Bertz CT molecular complexity index is 468. The van der Waals surface area contributed by atoms with Gasteiger partial charge in [0.2, 0.25) is 0 Å². The molecular formula is C12H13NS. The summed E-state index contributed by atoms with van der Waals surface area (Å²) in [6.45, 7) is 2.21. The molecule has 0 aliphatic heterocycles. The second-order valence-electron chi connectivity index (χ2n) is 4.12. The van der Waals surface area contributed by atoms with Gasteiger partial charge in [0.25, 0.3) is 0 Å². The first-order chi connectivity index (χ1) is 6.86. The molecular weight excluding hydrogens is 190 g/mol. The van der Waals surface area contributed by atoms with Crippen LogP contribution in [-0.4, -0.2) is 4.98 Å². The fraction of sp³-hybridized carbons (Fsp3) is 0.417. The highest BCUT2D eigenvalue weighted by molar-refractivity contribution is 7.16. The zero-order chi connectivity index (χ0) is 9.54. The van der Waals surface area contributed by atoms with Crippen molar-refractivity contribution in [2.75, 3.05) is 0 Å². The molecule has 1 aliphatic rings. The molecule has 0 saturated heterocycles. The Morgan fingerprint density at radius 3 is 2.93 bits per heavy atom. The van der Waals surface area contributed by atoms with Crippen LogP contribution >= 0.6 is 11.3 Å². The van der Waals surface area contributed by atoms with E-state index in [4.69, 9.17) is 0 Å². The Morgan fingerprint density at radius 2 is 2.21 bits per heavy atom. The molecule has 2 aromatic rings. The normalized spacial score (nSPS) is 17.2. The molecule has 1 aromatic carbocycles. The van der Waals surface area contributed by atoms with Gasteiger partial charge in [-0.3, -0.25) is 0 Å². The number of thiazole rings is 1. The predicted octanol–water partition coefficient (Wildman–Crippen LogP) is 3.87. The second kappa shape index (κ2) is 3.06. The molecule has 1 heterocycles. The summed E-state index contributed by atoms with van der Waals surface area (Å²) in [6, 6.07) is 4.44. The van der Waals surface area contributed by atoms with Crippen molar-refractivity contribution >= 4 is 21.6 Å². The lowest BCUT2D eigenvalue weighted by Crippen LogP contribution is -2.10. The third-order valence-corrected chi connectivity index (χ3v) is 4.07. The third kappa shape index (κ3) is 1.10. The van der Waals surface area contributed by atoms with E-state index in [2.05, 4.69) is 24.0 Å². The topological polar surface area (TPSA) is 12.9 Å². The van der Waals surface area contributed by atoms with E-state index >= 15 is 0 Å². The van der Waals surface area contributed by atoms with Crippen molar-refractivity contribution in [1.82, 2.24) is 4.98 Å². The summed E-state index contributed by atoms with van der Waals surface area (Å²) in [5.41, 5.74) is 6.18. The fourth-order valence-corrected chi connectivity index (χ4v) is 2.96. The lowest BCUT2D eigenvalue weighted by atomic mass is 9.78. The molecule has 3 rings (SSSR count). The van der Waals surface area contributed by atoms with Crippen LogP contribution in [0.2, 0.25) is 0 Å². The Balaban J connectivity index is 2.26. The van der Waals surface area contributed by atoms with Crippen molar-refractivity contribution in [3.05, 3.63) is 28.8 Å². The van der Waals surface area contributed by atoms with Crippen molar-refractivity contribution in [2.45, 2.75) is 32.1 Å². The van der Waals surface area contributed by atoms with Crippen molar-refractivity contribution in [2.24, 2.45) is 0 Å². The van der Waals surface area contributed by atoms with Crippen LogP contribution in [0, 0.1) is 6.92 Å². The molecule has 2 heteroatoms. The van der Waals surface area contributed by atoms with Gasteiger partial charge in [-0.15, -0.1) is 11.3 Å². The minimum Gasteiger partial charge on any atom is -0.244 e. The van der Waals surface area contributed by atoms with Gasteiger partial charge in [-0.1, -0.05) is 12.5 Å². The summed E-state index contributed by atoms with van der Waals surface area (Å²) in [5.74, 6) is 0.792. The first-order valence-electron chi connectivity index (χ1n) is 5.19. The standard InChI is InChI=1S/C12H13NS/c1-8-5-6-10-12(13-7-14-10)11(8)9-3-2-4-9/h5-7,9H,2-4H2,1H3. The van der Waals surface area contributed by atoms with E-state index in [-0.39, 0.29) is 0 Å². The molecule has 1 aromatic heterocycles. The van der Waals surface area contributed by atoms with Crippen molar-refractivity contribution in [1.29, 1.82) is 0 Å². The molecule has 1 nitrogen and oxygen atoms in total. The molecule has 0 atom stereocenters. The SMILES string of the molecule is Cc1ccc2scnc2c1C1CCC1. The molecule has 1 aliphatic carbocycles. The van der Waals surface area contributed by atoms with E-state index in [0.29, 0.717) is 0 Å². The van der Waals surface area contributed by atoms with E-state index in [1.165, 1.54) is 40.6 Å². The van der Waals surface area contributed by atoms with Crippen LogP contribution in [-0.2, 0) is 0 Å². The molecule has 1 saturated carbocycles. The molecule has 0 radical (unpaired) electrons. The average Bonchev–Trinajstić information content (AvgIpc) is 2.54. The van der Waals surface area contributed by atoms with Gasteiger partial charge in [-0.25, -0.2) is 4.98 Å². The number of fused-ring (bicyclic) bond motifs is 1. The first kappa shape index (κ1) is 8.42. The smallest absolute Gasteiger partial charge is 0.0849 e. The number of aromatic nitrogens is 1. The molecule has 0 N–H and O–H groups in total. The minimum absolute atomic E-state index is 0.792. The molecule has 0 spiro atoms. The van der Waals surface area contributed by atoms with Gasteiger partial charge in [0.05, 0.1) is 15.7 Å². The van der Waals surface area contributed by atoms with Gasteiger partial charge in [0, 0.05) is 0 Å². The molecule has 0 amide bonds. The van der Waals surface area contributed by atoms with Crippen LogP contribution in [0.5, 0.6) is 0 Å². The summed E-state index contributed by atoms with van der Waals surface area (Å²) in [5, 5.41) is 0. The monoisotopic (exact) mass is 203 g/mol. The van der Waals surface area contributed by atoms with E-state index in [1.807, 2.05) is 5.51 Å². The van der Waals surface area contributed by atoms with Crippen molar-refractivity contribution < 1.29 is 0 Å². The van der Waals surface area contributed by atoms with Gasteiger partial charge < -0.3 is 0 Å². The maximum absolute atomic E-state index is 4.50. The summed E-state index contributed by atoms with van der Waals surface area (Å²) < 4.78 is 1.34. The predicted molar refractivity (Wildman–Crippen MR) is 60.9 cm³/mol. The van der Waals surface area contributed by atoms with Crippen LogP contribution in [0.25, 0.3) is 10.2 Å². The van der Waals surface area contributed by atoms with Crippen LogP contribution < -0.4 is 0 Å². The molecule has 72 valence electrons. The number of hydrogen-bond acceptors (Lipinski definition) is 2. The highest BCUT2D eigenvalue weighted by Gasteiger charge is 2.23. The Kier molecular flexibility index (Phi) is 1.84. The number of benzene rings is 1. The fourth-order valence-electron chi connectivity index (χ4n) is 2.27. The Morgan fingerprint density at radius 1 is 1.36 bits per heavy atom. The number of nitrogens with zero attached hydrogens (tertiary/aromatic N) is 1. The molecule has 14 heavy (non-hydrogen) atoms. The van der Waals surface area contributed by atoms with Crippen LogP contribution in [0.3, 0.4) is 0 Å². The van der Waals surface area contributed by atoms with Gasteiger partial charge in [-0.2, -0.15) is 0 Å². The van der Waals surface area contributed by atoms with E-state index < -0.39 is 0 Å². The van der Waals surface area contributed by atoms with E-state index in [1.54, 1.807) is 11.3 Å². The third-order valence-electron chi connectivity index (χ3n) is 3.27. The van der Waals surface area contributed by atoms with Crippen LogP contribution in [0.15, 0.2) is 17.6 Å². The maximum atomic E-state index is 4.50. The summed E-state index contributed by atoms with van der Waals surface area (Å²) >= 11 is 1.75. The first-order valence-corrected chi connectivity index (χ1v) is 6.07. The number of hydrogen-bond donors (Lipinski definition) is 0. The quantitative estimate of drug-likeness (QED) is 0.685. The summed E-state index contributed by atoms with van der Waals surface area (Å²) in [7, 11) is 0. The molecule has 1 fully saturated rings. The lowest BCUT2D eigenvalue weighted by molar-refractivity contribution is 0.420. The van der Waals surface area contributed by atoms with Crippen LogP contribution in [0.1, 0.15) is 36.3 Å². The zero-order valence-corrected chi connectivity index (χ0v) is 9.10. The van der Waals surface area contributed by atoms with Gasteiger partial charge in [-0.05, 0) is 42.9 Å². The Labute approximate surface area is 87.8 Å². The largest absolute Gasteiger partial charge is 0.244 e. The number of rotatable bonds is 1. The summed E-state index contributed by atoms with van der Waals surface area (Å²) in [6.07, 6.45) is 4.11. The maximum Gasteiger partial charge on any atom is 0.0849 e. The number of aryl methyl sites for hydroxylation is 1. The van der Waals surface area contributed by atoms with E-state index in [9.17, 15) is 0 Å². The van der Waals surface area contributed by atoms with Gasteiger partial charge in [0.1, 0.15) is 0 Å². The second-order valence-corrected chi connectivity index (χ2v) is 5.01. The van der Waals surface area contributed by atoms with Crippen molar-refractivity contribution in [3.63, 3.8) is 0 Å².